The van der Waals surface area contributed by atoms with E-state index in [0.717, 1.165) is 25.8 Å². The monoisotopic (exact) mass is 281 g/mol. The van der Waals surface area contributed by atoms with E-state index in [4.69, 9.17) is 4.74 Å². The standard InChI is InChI=1S/C15H20FNO3/c1-20-15-6-5-11(16)8-13(15)14(19)9-17-7-3-2-4-12(17)10-18/h5-6,8,12,18H,2-4,7,9-10H2,1H3. The van der Waals surface area contributed by atoms with Crippen LogP contribution < -0.4 is 4.74 Å². The maximum Gasteiger partial charge on any atom is 0.180 e. The third kappa shape index (κ3) is 3.35. The third-order valence-corrected chi connectivity index (χ3v) is 3.77. The molecule has 0 aliphatic carbocycles. The van der Waals surface area contributed by atoms with Gasteiger partial charge in [0.1, 0.15) is 11.6 Å². The average molecular weight is 281 g/mol. The molecule has 110 valence electrons. The van der Waals surface area contributed by atoms with E-state index < -0.39 is 5.82 Å². The normalized spacial score (nSPS) is 19.9. The first-order valence-corrected chi connectivity index (χ1v) is 6.87. The SMILES string of the molecule is COc1ccc(F)cc1C(=O)CN1CCCCC1CO. The minimum atomic E-state index is -0.452. The number of likely N-dealkylation sites (tertiary alicyclic amines) is 1. The molecule has 0 amide bonds. The summed E-state index contributed by atoms with van der Waals surface area (Å²) in [4.78, 5) is 14.3. The second-order valence-corrected chi connectivity index (χ2v) is 5.07. The summed E-state index contributed by atoms with van der Waals surface area (Å²) in [6.07, 6.45) is 2.98. The lowest BCUT2D eigenvalue weighted by atomic mass is 10.0. The van der Waals surface area contributed by atoms with Crippen molar-refractivity contribution in [2.75, 3.05) is 26.8 Å². The van der Waals surface area contributed by atoms with Crippen molar-refractivity contribution >= 4 is 5.78 Å². The Kier molecular flexibility index (Phi) is 5.09. The molecule has 0 bridgehead atoms. The number of methoxy groups -OCH3 is 1. The zero-order valence-corrected chi connectivity index (χ0v) is 11.6. The van der Waals surface area contributed by atoms with Gasteiger partial charge < -0.3 is 9.84 Å². The van der Waals surface area contributed by atoms with Crippen LogP contribution in [0.2, 0.25) is 0 Å². The molecule has 2 rings (SSSR count). The molecular formula is C15H20FNO3. The molecule has 0 spiro atoms. The van der Waals surface area contributed by atoms with Crippen molar-refractivity contribution in [3.63, 3.8) is 0 Å². The minimum Gasteiger partial charge on any atom is -0.496 e. The minimum absolute atomic E-state index is 0.0206. The summed E-state index contributed by atoms with van der Waals surface area (Å²) >= 11 is 0. The fourth-order valence-corrected chi connectivity index (χ4v) is 2.64. The number of Topliss-reactive ketones (excluding diaryl/α,β-unsaturated/α-hetero) is 1. The number of hydrogen-bond donors (Lipinski definition) is 1. The summed E-state index contributed by atoms with van der Waals surface area (Å²) in [6, 6.07) is 3.96. The zero-order chi connectivity index (χ0) is 14.5. The number of piperidine rings is 1. The van der Waals surface area contributed by atoms with Crippen molar-refractivity contribution in [2.24, 2.45) is 0 Å². The molecule has 1 unspecified atom stereocenters. The predicted octanol–water partition coefficient (Wildman–Crippen LogP) is 1.86. The molecule has 1 aromatic rings. The van der Waals surface area contributed by atoms with E-state index in [1.165, 1.54) is 25.3 Å². The first kappa shape index (κ1) is 14.9. The summed E-state index contributed by atoms with van der Waals surface area (Å²) in [5.41, 5.74) is 0.259. The number of ketones is 1. The van der Waals surface area contributed by atoms with Crippen LogP contribution in [-0.4, -0.2) is 48.6 Å². The van der Waals surface area contributed by atoms with Crippen molar-refractivity contribution in [2.45, 2.75) is 25.3 Å². The molecule has 0 aromatic heterocycles. The van der Waals surface area contributed by atoms with Gasteiger partial charge in [-0.2, -0.15) is 0 Å². The van der Waals surface area contributed by atoms with Crippen LogP contribution in [0.4, 0.5) is 4.39 Å². The zero-order valence-electron chi connectivity index (χ0n) is 11.6. The maximum atomic E-state index is 13.3. The lowest BCUT2D eigenvalue weighted by Crippen LogP contribution is -2.44. The van der Waals surface area contributed by atoms with Crippen molar-refractivity contribution in [1.82, 2.24) is 4.90 Å². The molecule has 4 nitrogen and oxygen atoms in total. The second-order valence-electron chi connectivity index (χ2n) is 5.07. The van der Waals surface area contributed by atoms with Crippen molar-refractivity contribution in [3.05, 3.63) is 29.6 Å². The van der Waals surface area contributed by atoms with E-state index in [1.54, 1.807) is 0 Å². The molecule has 5 heteroatoms. The number of hydrogen-bond acceptors (Lipinski definition) is 4. The molecule has 1 aromatic carbocycles. The summed E-state index contributed by atoms with van der Waals surface area (Å²) in [6.45, 7) is 1.02. The number of ether oxygens (including phenoxy) is 1. The van der Waals surface area contributed by atoms with Gasteiger partial charge in [-0.15, -0.1) is 0 Å². The van der Waals surface area contributed by atoms with Gasteiger partial charge in [0.05, 0.1) is 25.8 Å². The Morgan fingerprint density at radius 1 is 1.50 bits per heavy atom. The lowest BCUT2D eigenvalue weighted by molar-refractivity contribution is 0.0709. The molecular weight excluding hydrogens is 261 g/mol. The Labute approximate surface area is 118 Å². The highest BCUT2D eigenvalue weighted by molar-refractivity contribution is 6.00. The van der Waals surface area contributed by atoms with E-state index in [-0.39, 0.29) is 30.5 Å². The Balaban J connectivity index is 2.13. The molecule has 1 fully saturated rings. The van der Waals surface area contributed by atoms with Crippen molar-refractivity contribution in [3.8, 4) is 5.75 Å². The quantitative estimate of drug-likeness (QED) is 0.837. The van der Waals surface area contributed by atoms with E-state index in [0.29, 0.717) is 5.75 Å². The van der Waals surface area contributed by atoms with Gasteiger partial charge in [-0.05, 0) is 37.6 Å². The summed E-state index contributed by atoms with van der Waals surface area (Å²) in [5, 5.41) is 9.35. The first-order chi connectivity index (χ1) is 9.65. The molecule has 1 aliphatic rings. The van der Waals surface area contributed by atoms with Gasteiger partial charge in [0.15, 0.2) is 5.78 Å². The molecule has 20 heavy (non-hydrogen) atoms. The Bertz CT molecular complexity index is 478. The highest BCUT2D eigenvalue weighted by Gasteiger charge is 2.25. The van der Waals surface area contributed by atoms with Crippen LogP contribution in [-0.2, 0) is 0 Å². The van der Waals surface area contributed by atoms with E-state index >= 15 is 0 Å². The molecule has 1 N–H and O–H groups in total. The van der Waals surface area contributed by atoms with Crippen molar-refractivity contribution in [1.29, 1.82) is 0 Å². The van der Waals surface area contributed by atoms with E-state index in [9.17, 15) is 14.3 Å². The van der Waals surface area contributed by atoms with Gasteiger partial charge in [-0.25, -0.2) is 4.39 Å². The van der Waals surface area contributed by atoms with Gasteiger partial charge in [0, 0.05) is 6.04 Å². The maximum absolute atomic E-state index is 13.3. The smallest absolute Gasteiger partial charge is 0.180 e. The fourth-order valence-electron chi connectivity index (χ4n) is 2.64. The largest absolute Gasteiger partial charge is 0.496 e. The fraction of sp³-hybridized carbons (Fsp3) is 0.533. The highest BCUT2D eigenvalue weighted by atomic mass is 19.1. The first-order valence-electron chi connectivity index (χ1n) is 6.87. The Hall–Kier alpha value is -1.46. The van der Waals surface area contributed by atoms with Crippen LogP contribution in [0.3, 0.4) is 0 Å². The van der Waals surface area contributed by atoms with Gasteiger partial charge >= 0.3 is 0 Å². The number of benzene rings is 1. The second kappa shape index (κ2) is 6.81. The van der Waals surface area contributed by atoms with Crippen LogP contribution in [0.15, 0.2) is 18.2 Å². The van der Waals surface area contributed by atoms with Crippen LogP contribution in [0.1, 0.15) is 29.6 Å². The number of aliphatic hydroxyl groups is 1. The number of aliphatic hydroxyl groups excluding tert-OH is 1. The molecule has 1 aliphatic heterocycles. The lowest BCUT2D eigenvalue weighted by Gasteiger charge is -2.33. The highest BCUT2D eigenvalue weighted by Crippen LogP contribution is 2.22. The molecule has 1 saturated heterocycles. The van der Waals surface area contributed by atoms with Crippen LogP contribution in [0.25, 0.3) is 0 Å². The van der Waals surface area contributed by atoms with E-state index in [2.05, 4.69) is 0 Å². The van der Waals surface area contributed by atoms with Crippen LogP contribution in [0, 0.1) is 5.82 Å². The van der Waals surface area contributed by atoms with Gasteiger partial charge in [-0.1, -0.05) is 6.42 Å². The Morgan fingerprint density at radius 2 is 2.30 bits per heavy atom. The van der Waals surface area contributed by atoms with Crippen LogP contribution >= 0.6 is 0 Å². The molecule has 1 heterocycles. The van der Waals surface area contributed by atoms with Gasteiger partial charge in [0.2, 0.25) is 0 Å². The number of carbonyl (C=O) groups is 1. The summed E-state index contributed by atoms with van der Waals surface area (Å²) in [5.74, 6) is -0.248. The topological polar surface area (TPSA) is 49.8 Å². The molecule has 0 radical (unpaired) electrons. The van der Waals surface area contributed by atoms with E-state index in [1.807, 2.05) is 4.90 Å². The number of halogens is 1. The predicted molar refractivity (Wildman–Crippen MR) is 73.6 cm³/mol. The van der Waals surface area contributed by atoms with Crippen LogP contribution in [0.5, 0.6) is 5.75 Å². The Morgan fingerprint density at radius 3 is 3.00 bits per heavy atom. The summed E-state index contributed by atoms with van der Waals surface area (Å²) < 4.78 is 18.4. The van der Waals surface area contributed by atoms with Gasteiger partial charge in [0.25, 0.3) is 0 Å². The average Bonchev–Trinajstić information content (AvgIpc) is 2.47. The van der Waals surface area contributed by atoms with Gasteiger partial charge in [-0.3, -0.25) is 9.69 Å². The summed E-state index contributed by atoms with van der Waals surface area (Å²) in [7, 11) is 1.46. The van der Waals surface area contributed by atoms with Crippen molar-refractivity contribution < 1.29 is 19.0 Å². The third-order valence-electron chi connectivity index (χ3n) is 3.77. The molecule has 1 atom stereocenters. The number of carbonyl (C=O) groups excluding carboxylic acids is 1. The molecule has 0 saturated carbocycles. The number of rotatable bonds is 5. The number of nitrogens with zero attached hydrogens (tertiary/aromatic N) is 1.